The summed E-state index contributed by atoms with van der Waals surface area (Å²) >= 11 is 0. The highest BCUT2D eigenvalue weighted by Gasteiger charge is 2.40. The Kier molecular flexibility index (Phi) is 5.04. The van der Waals surface area contributed by atoms with Gasteiger partial charge >= 0.3 is 12.0 Å². The van der Waals surface area contributed by atoms with Crippen molar-refractivity contribution in [2.75, 3.05) is 19.8 Å². The molecular weight excluding hydrogens is 276 g/mol. The molecule has 1 aliphatic heterocycles. The molecule has 2 amide bonds. The van der Waals surface area contributed by atoms with Crippen LogP contribution < -0.4 is 10.6 Å². The second-order valence-corrected chi connectivity index (χ2v) is 4.95. The largest absolute Gasteiger partial charge is 0.481 e. The van der Waals surface area contributed by atoms with Gasteiger partial charge in [0.15, 0.2) is 0 Å². The molecule has 8 nitrogen and oxygen atoms in total. The monoisotopic (exact) mass is 294 g/mol. The number of urea groups is 1. The highest BCUT2D eigenvalue weighted by Crippen LogP contribution is 2.29. The van der Waals surface area contributed by atoms with Crippen molar-refractivity contribution < 1.29 is 19.4 Å². The lowest BCUT2D eigenvalue weighted by atomic mass is 9.80. The van der Waals surface area contributed by atoms with E-state index in [0.717, 1.165) is 0 Å². The summed E-state index contributed by atoms with van der Waals surface area (Å²) in [6, 6.07) is 3.04. The normalized spacial score (nSPS) is 17.0. The topological polar surface area (TPSA) is 113 Å². The zero-order valence-electron chi connectivity index (χ0n) is 11.5. The maximum Gasteiger partial charge on any atom is 0.315 e. The van der Waals surface area contributed by atoms with Crippen LogP contribution in [0.3, 0.4) is 0 Å². The number of nitrogens with zero attached hydrogens (tertiary/aromatic N) is 2. The van der Waals surface area contributed by atoms with Crippen molar-refractivity contribution in [2.24, 2.45) is 5.41 Å². The average molecular weight is 294 g/mol. The number of carboxylic acids is 1. The molecule has 0 atom stereocenters. The Morgan fingerprint density at radius 1 is 1.33 bits per heavy atom. The molecule has 0 spiro atoms. The van der Waals surface area contributed by atoms with E-state index in [9.17, 15) is 14.7 Å². The fourth-order valence-electron chi connectivity index (χ4n) is 2.14. The summed E-state index contributed by atoms with van der Waals surface area (Å²) < 4.78 is 5.18. The molecule has 2 heterocycles. The number of aromatic nitrogens is 2. The number of aliphatic carboxylic acids is 1. The van der Waals surface area contributed by atoms with Crippen LogP contribution in [0.2, 0.25) is 0 Å². The molecule has 3 N–H and O–H groups in total. The summed E-state index contributed by atoms with van der Waals surface area (Å²) in [7, 11) is 0. The van der Waals surface area contributed by atoms with Gasteiger partial charge < -0.3 is 20.5 Å². The lowest BCUT2D eigenvalue weighted by Crippen LogP contribution is -2.48. The van der Waals surface area contributed by atoms with Gasteiger partial charge in [0.1, 0.15) is 0 Å². The first-order valence-electron chi connectivity index (χ1n) is 6.72. The number of carbonyl (C=O) groups excluding carboxylic acids is 1. The first-order chi connectivity index (χ1) is 10.1. The van der Waals surface area contributed by atoms with E-state index in [1.54, 1.807) is 18.3 Å². The van der Waals surface area contributed by atoms with E-state index in [2.05, 4.69) is 20.8 Å². The van der Waals surface area contributed by atoms with Crippen LogP contribution in [0.25, 0.3) is 0 Å². The number of carbonyl (C=O) groups is 2. The fraction of sp³-hybridized carbons (Fsp3) is 0.538. The zero-order valence-corrected chi connectivity index (χ0v) is 11.5. The molecule has 0 radical (unpaired) electrons. The molecule has 114 valence electrons. The highest BCUT2D eigenvalue weighted by molar-refractivity contribution is 5.78. The predicted octanol–water partition coefficient (Wildman–Crippen LogP) is 0.157. The number of amides is 2. The Morgan fingerprint density at radius 2 is 2.10 bits per heavy atom. The lowest BCUT2D eigenvalue weighted by Gasteiger charge is -2.33. The number of ether oxygens (including phenoxy) is 1. The van der Waals surface area contributed by atoms with Gasteiger partial charge in [-0.3, -0.25) is 4.79 Å². The number of carboxylic acid groups (broad SMARTS) is 1. The number of hydrogen-bond donors (Lipinski definition) is 3. The molecule has 1 aromatic rings. The van der Waals surface area contributed by atoms with Crippen molar-refractivity contribution in [3.63, 3.8) is 0 Å². The predicted molar refractivity (Wildman–Crippen MR) is 72.4 cm³/mol. The molecule has 8 heteroatoms. The second-order valence-electron chi connectivity index (χ2n) is 4.95. The van der Waals surface area contributed by atoms with Crippen molar-refractivity contribution in [1.82, 2.24) is 20.8 Å². The van der Waals surface area contributed by atoms with E-state index >= 15 is 0 Å². The van der Waals surface area contributed by atoms with Gasteiger partial charge in [-0.15, -0.1) is 0 Å². The van der Waals surface area contributed by atoms with E-state index in [1.807, 2.05) is 0 Å². The van der Waals surface area contributed by atoms with Crippen molar-refractivity contribution in [3.8, 4) is 0 Å². The van der Waals surface area contributed by atoms with Crippen molar-refractivity contribution >= 4 is 12.0 Å². The van der Waals surface area contributed by atoms with Gasteiger partial charge in [0, 0.05) is 26.0 Å². The Morgan fingerprint density at radius 3 is 2.71 bits per heavy atom. The molecular formula is C13H18N4O4. The highest BCUT2D eigenvalue weighted by atomic mass is 16.5. The van der Waals surface area contributed by atoms with Crippen LogP contribution in [-0.4, -0.2) is 47.1 Å². The van der Waals surface area contributed by atoms with Gasteiger partial charge in [-0.2, -0.15) is 10.2 Å². The number of nitrogens with one attached hydrogen (secondary N) is 2. The first-order valence-corrected chi connectivity index (χ1v) is 6.72. The minimum atomic E-state index is -0.942. The molecule has 1 aromatic heterocycles. The Labute approximate surface area is 121 Å². The van der Waals surface area contributed by atoms with E-state index in [0.29, 0.717) is 31.7 Å². The summed E-state index contributed by atoms with van der Waals surface area (Å²) in [4.78, 5) is 23.2. The Balaban J connectivity index is 1.80. The number of hydrogen-bond acceptors (Lipinski definition) is 5. The minimum Gasteiger partial charge on any atom is -0.481 e. The third-order valence-corrected chi connectivity index (χ3v) is 3.55. The molecule has 1 saturated heterocycles. The molecule has 1 aliphatic rings. The molecule has 2 rings (SSSR count). The Bertz CT molecular complexity index is 488. The Hall–Kier alpha value is -2.22. The van der Waals surface area contributed by atoms with Crippen molar-refractivity contribution in [3.05, 3.63) is 24.0 Å². The molecule has 1 fully saturated rings. The fourth-order valence-corrected chi connectivity index (χ4v) is 2.14. The minimum absolute atomic E-state index is 0.0813. The maximum atomic E-state index is 11.7. The summed E-state index contributed by atoms with van der Waals surface area (Å²) in [5.74, 6) is -0.903. The van der Waals surface area contributed by atoms with Crippen molar-refractivity contribution in [2.45, 2.75) is 19.4 Å². The van der Waals surface area contributed by atoms with Gasteiger partial charge in [0.25, 0.3) is 0 Å². The average Bonchev–Trinajstić information content (AvgIpc) is 2.52. The summed E-state index contributed by atoms with van der Waals surface area (Å²) in [6.45, 7) is 1.12. The van der Waals surface area contributed by atoms with Gasteiger partial charge in [-0.05, 0) is 25.0 Å². The van der Waals surface area contributed by atoms with Crippen LogP contribution in [0.15, 0.2) is 18.3 Å². The molecule has 0 saturated carbocycles. The number of rotatable bonds is 5. The van der Waals surface area contributed by atoms with E-state index in [1.165, 1.54) is 0 Å². The second kappa shape index (κ2) is 6.98. The van der Waals surface area contributed by atoms with Crippen LogP contribution >= 0.6 is 0 Å². The van der Waals surface area contributed by atoms with Gasteiger partial charge in [-0.25, -0.2) is 4.79 Å². The van der Waals surface area contributed by atoms with Crippen LogP contribution in [0, 0.1) is 5.41 Å². The summed E-state index contributed by atoms with van der Waals surface area (Å²) in [6.07, 6.45) is 2.34. The van der Waals surface area contributed by atoms with E-state index in [-0.39, 0.29) is 13.1 Å². The quantitative estimate of drug-likeness (QED) is 0.712. The van der Waals surface area contributed by atoms with E-state index < -0.39 is 17.4 Å². The van der Waals surface area contributed by atoms with Crippen LogP contribution in [0.5, 0.6) is 0 Å². The summed E-state index contributed by atoms with van der Waals surface area (Å²) in [5.41, 5.74) is -0.311. The van der Waals surface area contributed by atoms with Gasteiger partial charge in [0.2, 0.25) is 0 Å². The zero-order chi connectivity index (χ0) is 15.1. The smallest absolute Gasteiger partial charge is 0.315 e. The third kappa shape index (κ3) is 4.12. The van der Waals surface area contributed by atoms with Crippen LogP contribution in [0.4, 0.5) is 4.79 Å². The van der Waals surface area contributed by atoms with Gasteiger partial charge in [0.05, 0.1) is 17.7 Å². The van der Waals surface area contributed by atoms with Crippen LogP contribution in [0.1, 0.15) is 18.5 Å². The van der Waals surface area contributed by atoms with E-state index in [4.69, 9.17) is 4.74 Å². The summed E-state index contributed by atoms with van der Waals surface area (Å²) in [5, 5.41) is 22.1. The van der Waals surface area contributed by atoms with Crippen molar-refractivity contribution in [1.29, 1.82) is 0 Å². The molecule has 21 heavy (non-hydrogen) atoms. The SMILES string of the molecule is O=C(NCc1cccnn1)NCC1(C(=O)O)CCOCC1. The molecule has 0 bridgehead atoms. The standard InChI is InChI=1S/C13H18N4O4/c18-11(19)13(3-6-21-7-4-13)9-15-12(20)14-8-10-2-1-5-16-17-10/h1-2,5H,3-4,6-9H2,(H,18,19)(H2,14,15,20). The third-order valence-electron chi connectivity index (χ3n) is 3.55. The molecule has 0 unspecified atom stereocenters. The van der Waals surface area contributed by atoms with Gasteiger partial charge in [-0.1, -0.05) is 0 Å². The molecule has 0 aromatic carbocycles. The lowest BCUT2D eigenvalue weighted by molar-refractivity contribution is -0.154. The first kappa shape index (κ1) is 15.2. The molecule has 0 aliphatic carbocycles. The maximum absolute atomic E-state index is 11.7. The van der Waals surface area contributed by atoms with Crippen LogP contribution in [-0.2, 0) is 16.1 Å².